The van der Waals surface area contributed by atoms with Gasteiger partial charge in [-0.1, -0.05) is 6.58 Å². The van der Waals surface area contributed by atoms with Gasteiger partial charge < -0.3 is 15.5 Å². The minimum atomic E-state index is 0.0409. The predicted octanol–water partition coefficient (Wildman–Crippen LogP) is 1.20. The zero-order valence-electron chi connectivity index (χ0n) is 11.9. The molecule has 2 saturated heterocycles. The van der Waals surface area contributed by atoms with Crippen LogP contribution in [0.4, 0.5) is 0 Å². The second-order valence-corrected chi connectivity index (χ2v) is 5.72. The van der Waals surface area contributed by atoms with Crippen LogP contribution in [0.5, 0.6) is 0 Å². The first-order chi connectivity index (χ1) is 10.1. The number of carbonyl (C=O) groups is 1. The fourth-order valence-corrected chi connectivity index (χ4v) is 2.99. The lowest BCUT2D eigenvalue weighted by atomic mass is 9.88. The summed E-state index contributed by atoms with van der Waals surface area (Å²) in [5.41, 5.74) is 1.27. The third kappa shape index (κ3) is 2.57. The number of hydrogen-bond acceptors (Lipinski definition) is 4. The molecule has 5 heteroatoms. The van der Waals surface area contributed by atoms with Crippen molar-refractivity contribution in [1.82, 2.24) is 15.5 Å². The van der Waals surface area contributed by atoms with Crippen molar-refractivity contribution < 1.29 is 4.79 Å². The third-order valence-corrected chi connectivity index (χ3v) is 4.32. The summed E-state index contributed by atoms with van der Waals surface area (Å²) in [5, 5.41) is 15.4. The van der Waals surface area contributed by atoms with Gasteiger partial charge in [-0.2, -0.15) is 5.26 Å². The van der Waals surface area contributed by atoms with E-state index in [1.165, 1.54) is 0 Å². The number of carbonyl (C=O) groups excluding carboxylic acids is 1. The molecule has 3 rings (SSSR count). The second kappa shape index (κ2) is 5.13. The molecule has 108 valence electrons. The summed E-state index contributed by atoms with van der Waals surface area (Å²) in [6, 6.07) is 8.88. The molecule has 5 nitrogen and oxygen atoms in total. The maximum atomic E-state index is 12.5. The number of likely N-dealkylation sites (tertiary alicyclic amines) is 1. The van der Waals surface area contributed by atoms with Crippen LogP contribution in [0.25, 0.3) is 0 Å². The van der Waals surface area contributed by atoms with E-state index in [0.717, 1.165) is 38.3 Å². The van der Waals surface area contributed by atoms with Crippen LogP contribution >= 0.6 is 0 Å². The molecule has 2 N–H and O–H groups in total. The van der Waals surface area contributed by atoms with E-state index in [-0.39, 0.29) is 11.4 Å². The molecule has 2 fully saturated rings. The number of nitrogens with one attached hydrogen (secondary N) is 2. The molecule has 0 saturated carbocycles. The molecule has 0 aliphatic carbocycles. The number of hydrogen-bond donors (Lipinski definition) is 2. The minimum Gasteiger partial charge on any atom is -0.370 e. The summed E-state index contributed by atoms with van der Waals surface area (Å²) in [5.74, 6) is 0.918. The Labute approximate surface area is 124 Å². The molecular weight excluding hydrogens is 264 g/mol. The van der Waals surface area contributed by atoms with Crippen LogP contribution in [0, 0.1) is 11.3 Å². The molecule has 0 radical (unpaired) electrons. The van der Waals surface area contributed by atoms with E-state index in [1.54, 1.807) is 24.3 Å². The van der Waals surface area contributed by atoms with Crippen LogP contribution in [-0.2, 0) is 0 Å². The van der Waals surface area contributed by atoms with Gasteiger partial charge >= 0.3 is 0 Å². The maximum Gasteiger partial charge on any atom is 0.253 e. The highest BCUT2D eigenvalue weighted by Gasteiger charge is 2.39. The number of rotatable bonds is 1. The number of piperidine rings is 1. The van der Waals surface area contributed by atoms with Crippen molar-refractivity contribution in [2.24, 2.45) is 0 Å². The molecule has 0 unspecified atom stereocenters. The summed E-state index contributed by atoms with van der Waals surface area (Å²) in [7, 11) is 0. The van der Waals surface area contributed by atoms with Gasteiger partial charge in [0.05, 0.1) is 23.0 Å². The van der Waals surface area contributed by atoms with Crippen LogP contribution in [0.3, 0.4) is 0 Å². The Hall–Kier alpha value is -2.48. The molecule has 0 atom stereocenters. The zero-order chi connectivity index (χ0) is 14.9. The number of benzene rings is 1. The van der Waals surface area contributed by atoms with Crippen molar-refractivity contribution in [2.45, 2.75) is 18.4 Å². The first-order valence-corrected chi connectivity index (χ1v) is 7.12. The van der Waals surface area contributed by atoms with Gasteiger partial charge in [-0.3, -0.25) is 4.79 Å². The van der Waals surface area contributed by atoms with Gasteiger partial charge in [0.2, 0.25) is 0 Å². The van der Waals surface area contributed by atoms with Crippen LogP contribution in [0.2, 0.25) is 0 Å². The Kier molecular flexibility index (Phi) is 3.30. The highest BCUT2D eigenvalue weighted by Crippen LogP contribution is 2.26. The fraction of sp³-hybridized carbons (Fsp3) is 0.375. The lowest BCUT2D eigenvalue weighted by Crippen LogP contribution is -2.53. The molecule has 1 aromatic rings. The van der Waals surface area contributed by atoms with Crippen LogP contribution < -0.4 is 10.6 Å². The molecule has 2 heterocycles. The third-order valence-electron chi connectivity index (χ3n) is 4.32. The quantitative estimate of drug-likeness (QED) is 0.812. The number of amides is 1. The van der Waals surface area contributed by atoms with E-state index in [4.69, 9.17) is 5.26 Å². The number of nitriles is 1. The molecule has 2 aliphatic rings. The standard InChI is InChI=1S/C16H18N4O/c1-12-18-11-16(19-12)6-8-20(9-7-16)15(21)14-4-2-13(10-17)3-5-14/h2-5,18-19H,1,6-9,11H2. The Morgan fingerprint density at radius 3 is 2.48 bits per heavy atom. The molecule has 1 aromatic carbocycles. The van der Waals surface area contributed by atoms with Gasteiger partial charge in [0.1, 0.15) is 0 Å². The fourth-order valence-electron chi connectivity index (χ4n) is 2.99. The zero-order valence-corrected chi connectivity index (χ0v) is 11.9. The second-order valence-electron chi connectivity index (χ2n) is 5.72. The van der Waals surface area contributed by atoms with E-state index < -0.39 is 0 Å². The van der Waals surface area contributed by atoms with Gasteiger partial charge in [-0.05, 0) is 37.1 Å². The molecule has 21 heavy (non-hydrogen) atoms. The topological polar surface area (TPSA) is 68.2 Å². The predicted molar refractivity (Wildman–Crippen MR) is 79.3 cm³/mol. The first-order valence-electron chi connectivity index (χ1n) is 7.12. The highest BCUT2D eigenvalue weighted by molar-refractivity contribution is 5.94. The van der Waals surface area contributed by atoms with Crippen LogP contribution in [0.1, 0.15) is 28.8 Å². The van der Waals surface area contributed by atoms with Crippen molar-refractivity contribution in [2.75, 3.05) is 19.6 Å². The first kappa shape index (κ1) is 13.5. The average Bonchev–Trinajstić information content (AvgIpc) is 2.88. The van der Waals surface area contributed by atoms with Gasteiger partial charge in [0.15, 0.2) is 0 Å². The van der Waals surface area contributed by atoms with Crippen molar-refractivity contribution in [3.05, 3.63) is 47.8 Å². The molecule has 1 amide bonds. The van der Waals surface area contributed by atoms with Crippen LogP contribution in [-0.4, -0.2) is 36.0 Å². The summed E-state index contributed by atoms with van der Waals surface area (Å²) < 4.78 is 0. The van der Waals surface area contributed by atoms with Gasteiger partial charge in [0.25, 0.3) is 5.91 Å². The van der Waals surface area contributed by atoms with E-state index in [0.29, 0.717) is 11.1 Å². The normalized spacial score (nSPS) is 19.8. The van der Waals surface area contributed by atoms with Crippen molar-refractivity contribution in [3.8, 4) is 6.07 Å². The molecular formula is C16H18N4O. The van der Waals surface area contributed by atoms with Crippen molar-refractivity contribution in [1.29, 1.82) is 5.26 Å². The summed E-state index contributed by atoms with van der Waals surface area (Å²) in [6.07, 6.45) is 1.84. The van der Waals surface area contributed by atoms with Gasteiger partial charge in [0, 0.05) is 25.2 Å². The van der Waals surface area contributed by atoms with Crippen LogP contribution in [0.15, 0.2) is 36.7 Å². The molecule has 0 bridgehead atoms. The summed E-state index contributed by atoms with van der Waals surface area (Å²) in [4.78, 5) is 14.3. The lowest BCUT2D eigenvalue weighted by Gasteiger charge is -2.38. The molecule has 2 aliphatic heterocycles. The van der Waals surface area contributed by atoms with Crippen molar-refractivity contribution in [3.63, 3.8) is 0 Å². The van der Waals surface area contributed by atoms with E-state index in [2.05, 4.69) is 23.3 Å². The van der Waals surface area contributed by atoms with Gasteiger partial charge in [-0.15, -0.1) is 0 Å². The summed E-state index contributed by atoms with van der Waals surface area (Å²) >= 11 is 0. The Morgan fingerprint density at radius 1 is 1.29 bits per heavy atom. The van der Waals surface area contributed by atoms with Gasteiger partial charge in [-0.25, -0.2) is 0 Å². The van der Waals surface area contributed by atoms with Crippen molar-refractivity contribution >= 4 is 5.91 Å². The Morgan fingerprint density at radius 2 is 1.95 bits per heavy atom. The minimum absolute atomic E-state index is 0.0409. The van der Waals surface area contributed by atoms with E-state index in [1.807, 2.05) is 4.90 Å². The lowest BCUT2D eigenvalue weighted by molar-refractivity contribution is 0.0667. The number of nitrogens with zero attached hydrogens (tertiary/aromatic N) is 2. The van der Waals surface area contributed by atoms with E-state index in [9.17, 15) is 4.79 Å². The summed E-state index contributed by atoms with van der Waals surface area (Å²) in [6.45, 7) is 6.25. The maximum absolute atomic E-state index is 12.5. The molecule has 0 aromatic heterocycles. The molecule has 1 spiro atoms. The smallest absolute Gasteiger partial charge is 0.253 e. The SMILES string of the molecule is C=C1NCC2(CCN(C(=O)c3ccc(C#N)cc3)CC2)N1. The Balaban J connectivity index is 1.65. The monoisotopic (exact) mass is 282 g/mol. The van der Waals surface area contributed by atoms with E-state index >= 15 is 0 Å². The average molecular weight is 282 g/mol. The Bertz CT molecular complexity index is 606. The largest absolute Gasteiger partial charge is 0.370 e. The highest BCUT2D eigenvalue weighted by atomic mass is 16.2.